The number of aryl methyl sites for hydroxylation is 1. The number of rotatable bonds is 8. The van der Waals surface area contributed by atoms with Gasteiger partial charge in [0.05, 0.1) is 19.0 Å². The smallest absolute Gasteiger partial charge is 0.264 e. The lowest BCUT2D eigenvalue weighted by Gasteiger charge is -2.30. The van der Waals surface area contributed by atoms with Crippen molar-refractivity contribution in [2.75, 3.05) is 35.1 Å². The number of hydrogen-bond acceptors (Lipinski definition) is 6. The van der Waals surface area contributed by atoms with E-state index in [1.54, 1.807) is 73.7 Å². The number of piperidine rings is 1. The maximum absolute atomic E-state index is 13.5. The Bertz CT molecular complexity index is 1310. The number of hydrogen-bond donors (Lipinski definition) is 2. The lowest BCUT2D eigenvalue weighted by molar-refractivity contribution is -0.111. The molecule has 1 amide bonds. The zero-order valence-electron chi connectivity index (χ0n) is 19.8. The molecule has 2 heterocycles. The van der Waals surface area contributed by atoms with Gasteiger partial charge in [-0.15, -0.1) is 0 Å². The Hall–Kier alpha value is -3.79. The number of anilines is 3. The second-order valence-corrected chi connectivity index (χ2v) is 9.98. The number of carbonyl (C=O) groups excluding carboxylic acids is 1. The number of sulfonamides is 1. The fraction of sp³-hybridized carbons (Fsp3) is 0.280. The number of methoxy groups -OCH3 is 1. The van der Waals surface area contributed by atoms with Crippen molar-refractivity contribution >= 4 is 39.1 Å². The predicted molar refractivity (Wildman–Crippen MR) is 137 cm³/mol. The first kappa shape index (κ1) is 24.3. The van der Waals surface area contributed by atoms with Crippen LogP contribution in [0.1, 0.15) is 24.8 Å². The van der Waals surface area contributed by atoms with Crippen molar-refractivity contribution in [3.63, 3.8) is 0 Å². The number of ether oxygens (including phenoxy) is 1. The lowest BCUT2D eigenvalue weighted by Crippen LogP contribution is -2.31. The van der Waals surface area contributed by atoms with Crippen LogP contribution in [0.15, 0.2) is 65.8 Å². The van der Waals surface area contributed by atoms with Gasteiger partial charge in [0.2, 0.25) is 5.91 Å². The average Bonchev–Trinajstić information content (AvgIpc) is 3.28. The minimum absolute atomic E-state index is 0.115. The van der Waals surface area contributed by atoms with Crippen molar-refractivity contribution in [2.24, 2.45) is 7.05 Å². The Balaban J connectivity index is 1.60. The molecule has 0 spiro atoms. The van der Waals surface area contributed by atoms with Crippen LogP contribution in [0.4, 0.5) is 17.1 Å². The van der Waals surface area contributed by atoms with E-state index in [0.29, 0.717) is 22.8 Å². The molecule has 0 aliphatic carbocycles. The Kier molecular flexibility index (Phi) is 7.40. The lowest BCUT2D eigenvalue weighted by atomic mass is 10.1. The third-order valence-corrected chi connectivity index (χ3v) is 7.12. The number of nitrogens with zero attached hydrogens (tertiary/aromatic N) is 3. The van der Waals surface area contributed by atoms with Gasteiger partial charge in [0.25, 0.3) is 10.0 Å². The van der Waals surface area contributed by atoms with Gasteiger partial charge in [0, 0.05) is 49.3 Å². The van der Waals surface area contributed by atoms with Crippen molar-refractivity contribution in [2.45, 2.75) is 24.2 Å². The third-order valence-electron chi connectivity index (χ3n) is 5.71. The summed E-state index contributed by atoms with van der Waals surface area (Å²) >= 11 is 0. The molecule has 2 N–H and O–H groups in total. The van der Waals surface area contributed by atoms with E-state index in [9.17, 15) is 13.2 Å². The molecule has 9 nitrogen and oxygen atoms in total. The first-order valence-electron chi connectivity index (χ1n) is 11.4. The van der Waals surface area contributed by atoms with Crippen molar-refractivity contribution in [1.29, 1.82) is 0 Å². The topological polar surface area (TPSA) is 106 Å². The summed E-state index contributed by atoms with van der Waals surface area (Å²) in [5, 5.41) is 6.82. The van der Waals surface area contributed by atoms with Crippen molar-refractivity contribution < 1.29 is 17.9 Å². The molecule has 1 aliphatic rings. The third kappa shape index (κ3) is 6.21. The molecule has 35 heavy (non-hydrogen) atoms. The molecule has 0 bridgehead atoms. The summed E-state index contributed by atoms with van der Waals surface area (Å²) in [6.07, 6.45) is 9.60. The Labute approximate surface area is 205 Å². The molecule has 1 aliphatic heterocycles. The van der Waals surface area contributed by atoms with E-state index in [1.807, 2.05) is 0 Å². The fourth-order valence-corrected chi connectivity index (χ4v) is 5.27. The van der Waals surface area contributed by atoms with Crippen LogP contribution < -0.4 is 19.7 Å². The molecule has 10 heteroatoms. The zero-order valence-corrected chi connectivity index (χ0v) is 20.6. The molecule has 0 saturated carbocycles. The van der Waals surface area contributed by atoms with Crippen molar-refractivity contribution in [1.82, 2.24) is 9.78 Å². The molecule has 0 unspecified atom stereocenters. The van der Waals surface area contributed by atoms with Gasteiger partial charge in [-0.2, -0.15) is 5.10 Å². The number of nitrogens with one attached hydrogen (secondary N) is 2. The Morgan fingerprint density at radius 3 is 2.43 bits per heavy atom. The van der Waals surface area contributed by atoms with Crippen LogP contribution in [0.5, 0.6) is 5.75 Å². The van der Waals surface area contributed by atoms with E-state index in [-0.39, 0.29) is 10.8 Å². The normalized spacial score (nSPS) is 14.2. The maximum atomic E-state index is 13.5. The maximum Gasteiger partial charge on any atom is 0.264 e. The average molecular weight is 496 g/mol. The number of carbonyl (C=O) groups is 1. The predicted octanol–water partition coefficient (Wildman–Crippen LogP) is 3.87. The van der Waals surface area contributed by atoms with Crippen LogP contribution in [0.25, 0.3) is 6.08 Å². The summed E-state index contributed by atoms with van der Waals surface area (Å²) < 4.78 is 36.4. The van der Waals surface area contributed by atoms with Gasteiger partial charge in [-0.3, -0.25) is 14.2 Å². The first-order chi connectivity index (χ1) is 16.8. The van der Waals surface area contributed by atoms with E-state index in [2.05, 4.69) is 20.0 Å². The molecule has 2 aromatic carbocycles. The highest BCUT2D eigenvalue weighted by Crippen LogP contribution is 2.32. The first-order valence-corrected chi connectivity index (χ1v) is 12.9. The van der Waals surface area contributed by atoms with E-state index < -0.39 is 10.0 Å². The largest absolute Gasteiger partial charge is 0.497 e. The van der Waals surface area contributed by atoms with E-state index in [1.165, 1.54) is 12.1 Å². The van der Waals surface area contributed by atoms with Gasteiger partial charge >= 0.3 is 0 Å². The number of benzene rings is 2. The molecule has 4 rings (SSSR count). The van der Waals surface area contributed by atoms with Crippen LogP contribution in [-0.2, 0) is 21.9 Å². The van der Waals surface area contributed by atoms with Gasteiger partial charge in [-0.05, 0) is 67.8 Å². The van der Waals surface area contributed by atoms with Crippen LogP contribution in [0.3, 0.4) is 0 Å². The fourth-order valence-electron chi connectivity index (χ4n) is 3.95. The van der Waals surface area contributed by atoms with Crippen LogP contribution in [-0.4, -0.2) is 44.3 Å². The highest BCUT2D eigenvalue weighted by atomic mass is 32.2. The standard InChI is InChI=1S/C25H29N5O4S/c1-29-18-19(17-26-29)6-13-25(31)27-21-9-12-23(30-14-4-3-5-15-30)24(16-21)35(32,33)28-20-7-10-22(34-2)11-8-20/h6-13,16-18,28H,3-5,14-15H2,1-2H3,(H,27,31)/b13-6+. The van der Waals surface area contributed by atoms with E-state index >= 15 is 0 Å². The quantitative estimate of drug-likeness (QED) is 0.460. The zero-order chi connectivity index (χ0) is 24.8. The summed E-state index contributed by atoms with van der Waals surface area (Å²) in [5.74, 6) is 0.261. The van der Waals surface area contributed by atoms with Crippen LogP contribution >= 0.6 is 0 Å². The van der Waals surface area contributed by atoms with Gasteiger partial charge < -0.3 is 15.0 Å². The monoisotopic (exact) mass is 495 g/mol. The minimum Gasteiger partial charge on any atom is -0.497 e. The molecular formula is C25H29N5O4S. The van der Waals surface area contributed by atoms with Crippen LogP contribution in [0, 0.1) is 0 Å². The number of aromatic nitrogens is 2. The van der Waals surface area contributed by atoms with Crippen molar-refractivity contribution in [3.05, 3.63) is 66.5 Å². The van der Waals surface area contributed by atoms with Gasteiger partial charge in [0.15, 0.2) is 0 Å². The summed E-state index contributed by atoms with van der Waals surface area (Å²) in [7, 11) is -0.590. The summed E-state index contributed by atoms with van der Waals surface area (Å²) in [5.41, 5.74) is 2.22. The molecule has 0 atom stereocenters. The summed E-state index contributed by atoms with van der Waals surface area (Å²) in [6.45, 7) is 1.56. The second kappa shape index (κ2) is 10.6. The van der Waals surface area contributed by atoms with Crippen molar-refractivity contribution in [3.8, 4) is 5.75 Å². The van der Waals surface area contributed by atoms with Gasteiger partial charge in [0.1, 0.15) is 10.6 Å². The molecule has 1 fully saturated rings. The second-order valence-electron chi connectivity index (χ2n) is 8.33. The highest BCUT2D eigenvalue weighted by molar-refractivity contribution is 7.92. The molecule has 1 saturated heterocycles. The van der Waals surface area contributed by atoms with Crippen LogP contribution in [0.2, 0.25) is 0 Å². The summed E-state index contributed by atoms with van der Waals surface area (Å²) in [4.78, 5) is 14.7. The molecule has 0 radical (unpaired) electrons. The minimum atomic E-state index is -3.94. The van der Waals surface area contributed by atoms with Gasteiger partial charge in [-0.1, -0.05) is 0 Å². The Morgan fingerprint density at radius 1 is 1.06 bits per heavy atom. The molecule has 184 valence electrons. The summed E-state index contributed by atoms with van der Waals surface area (Å²) in [6, 6.07) is 11.7. The molecule has 3 aromatic rings. The Morgan fingerprint density at radius 2 is 1.77 bits per heavy atom. The van der Waals surface area contributed by atoms with E-state index in [0.717, 1.165) is 37.9 Å². The van der Waals surface area contributed by atoms with E-state index in [4.69, 9.17) is 4.74 Å². The SMILES string of the molecule is COc1ccc(NS(=O)(=O)c2cc(NC(=O)/C=C/c3cnn(C)c3)ccc2N2CCCCC2)cc1. The number of amides is 1. The highest BCUT2D eigenvalue weighted by Gasteiger charge is 2.24. The molecular weight excluding hydrogens is 466 g/mol. The van der Waals surface area contributed by atoms with Gasteiger partial charge in [-0.25, -0.2) is 8.42 Å². The molecule has 1 aromatic heterocycles.